The lowest BCUT2D eigenvalue weighted by Gasteiger charge is -2.36. The Labute approximate surface area is 98.6 Å². The lowest BCUT2D eigenvalue weighted by molar-refractivity contribution is -0.00523. The van der Waals surface area contributed by atoms with Crippen molar-refractivity contribution in [2.45, 2.75) is 26.1 Å². The van der Waals surface area contributed by atoms with Gasteiger partial charge in [-0.15, -0.1) is 0 Å². The van der Waals surface area contributed by atoms with Crippen molar-refractivity contribution in [2.75, 3.05) is 18.0 Å². The number of hydrogen-bond donors (Lipinski definition) is 0. The maximum absolute atomic E-state index is 5.69. The van der Waals surface area contributed by atoms with E-state index in [1.54, 1.807) is 6.20 Å². The first-order valence-electron chi connectivity index (χ1n) is 5.16. The summed E-state index contributed by atoms with van der Waals surface area (Å²) in [5, 5.41) is 0. The van der Waals surface area contributed by atoms with E-state index in [4.69, 9.17) is 4.74 Å². The second-order valence-electron chi connectivity index (χ2n) is 4.02. The van der Waals surface area contributed by atoms with Gasteiger partial charge >= 0.3 is 0 Å². The Morgan fingerprint density at radius 3 is 2.60 bits per heavy atom. The third kappa shape index (κ3) is 2.69. The van der Waals surface area contributed by atoms with Gasteiger partial charge in [-0.1, -0.05) is 0 Å². The molecule has 4 heteroatoms. The molecule has 1 aliphatic heterocycles. The number of aromatic nitrogens is 1. The molecule has 0 saturated carbocycles. The molecule has 0 radical (unpaired) electrons. The predicted octanol–water partition coefficient (Wildman–Crippen LogP) is 2.46. The first-order chi connectivity index (χ1) is 7.15. The van der Waals surface area contributed by atoms with Crippen LogP contribution in [0, 0.1) is 0 Å². The minimum absolute atomic E-state index is 0.285. The predicted molar refractivity (Wildman–Crippen MR) is 64.2 cm³/mol. The highest BCUT2D eigenvalue weighted by Crippen LogP contribution is 2.22. The molecule has 15 heavy (non-hydrogen) atoms. The van der Waals surface area contributed by atoms with Crippen LogP contribution in [0.15, 0.2) is 22.9 Å². The Bertz CT molecular complexity index is 335. The van der Waals surface area contributed by atoms with Gasteiger partial charge in [0, 0.05) is 23.8 Å². The number of ether oxygens (including phenoxy) is 1. The second kappa shape index (κ2) is 4.49. The molecule has 1 fully saturated rings. The molecule has 2 heterocycles. The number of rotatable bonds is 1. The van der Waals surface area contributed by atoms with Gasteiger partial charge in [0.1, 0.15) is 0 Å². The van der Waals surface area contributed by atoms with Crippen molar-refractivity contribution in [1.29, 1.82) is 0 Å². The quantitative estimate of drug-likeness (QED) is 0.784. The number of morpholine rings is 1. The molecular formula is C11H15BrN2O. The standard InChI is InChI=1S/C11H15BrN2O/c1-8-6-14(7-9(2)15-8)11-3-10(12)4-13-5-11/h3-5,8-9H,6-7H2,1-2H3/t8-,9+. The summed E-state index contributed by atoms with van der Waals surface area (Å²) < 4.78 is 6.71. The summed E-state index contributed by atoms with van der Waals surface area (Å²) in [6.07, 6.45) is 4.27. The maximum Gasteiger partial charge on any atom is 0.0726 e. The first-order valence-corrected chi connectivity index (χ1v) is 5.95. The Hall–Kier alpha value is -0.610. The Kier molecular flexibility index (Phi) is 3.26. The van der Waals surface area contributed by atoms with Crippen LogP contribution in [0.1, 0.15) is 13.8 Å². The van der Waals surface area contributed by atoms with Gasteiger partial charge in [0.05, 0.1) is 24.1 Å². The van der Waals surface area contributed by atoms with Gasteiger partial charge in [0.15, 0.2) is 0 Å². The number of anilines is 1. The highest BCUT2D eigenvalue weighted by atomic mass is 79.9. The highest BCUT2D eigenvalue weighted by Gasteiger charge is 2.22. The number of hydrogen-bond acceptors (Lipinski definition) is 3. The molecule has 1 saturated heterocycles. The molecule has 3 nitrogen and oxygen atoms in total. The maximum atomic E-state index is 5.69. The van der Waals surface area contributed by atoms with Crippen molar-refractivity contribution in [3.63, 3.8) is 0 Å². The van der Waals surface area contributed by atoms with Gasteiger partial charge in [-0.2, -0.15) is 0 Å². The lowest BCUT2D eigenvalue weighted by atomic mass is 10.2. The van der Waals surface area contributed by atoms with Crippen molar-refractivity contribution >= 4 is 21.6 Å². The molecule has 0 unspecified atom stereocenters. The molecule has 1 aromatic heterocycles. The fraction of sp³-hybridized carbons (Fsp3) is 0.545. The monoisotopic (exact) mass is 270 g/mol. The largest absolute Gasteiger partial charge is 0.372 e. The zero-order valence-electron chi connectivity index (χ0n) is 8.98. The summed E-state index contributed by atoms with van der Waals surface area (Å²) in [5.41, 5.74) is 1.16. The van der Waals surface area contributed by atoms with Crippen molar-refractivity contribution in [1.82, 2.24) is 4.98 Å². The van der Waals surface area contributed by atoms with Crippen molar-refractivity contribution in [3.8, 4) is 0 Å². The lowest BCUT2D eigenvalue weighted by Crippen LogP contribution is -2.45. The number of pyridine rings is 1. The topological polar surface area (TPSA) is 25.4 Å². The minimum atomic E-state index is 0.285. The molecular weight excluding hydrogens is 256 g/mol. The SMILES string of the molecule is C[C@@H]1CN(c2cncc(Br)c2)C[C@H](C)O1. The normalized spacial score (nSPS) is 26.7. The molecule has 0 bridgehead atoms. The van der Waals surface area contributed by atoms with Crippen LogP contribution < -0.4 is 4.90 Å². The van der Waals surface area contributed by atoms with E-state index < -0.39 is 0 Å². The molecule has 0 aliphatic carbocycles. The van der Waals surface area contributed by atoms with Crippen LogP contribution in [0.2, 0.25) is 0 Å². The second-order valence-corrected chi connectivity index (χ2v) is 4.94. The Balaban J connectivity index is 2.16. The molecule has 0 spiro atoms. The summed E-state index contributed by atoms with van der Waals surface area (Å²) in [4.78, 5) is 6.50. The van der Waals surface area contributed by atoms with E-state index in [1.807, 2.05) is 6.20 Å². The van der Waals surface area contributed by atoms with E-state index in [0.717, 1.165) is 23.2 Å². The summed E-state index contributed by atoms with van der Waals surface area (Å²) in [7, 11) is 0. The van der Waals surface area contributed by atoms with Crippen LogP contribution in [-0.2, 0) is 4.74 Å². The van der Waals surface area contributed by atoms with E-state index in [0.29, 0.717) is 0 Å². The van der Waals surface area contributed by atoms with Crippen LogP contribution in [0.4, 0.5) is 5.69 Å². The molecule has 0 amide bonds. The van der Waals surface area contributed by atoms with Gasteiger partial charge in [-0.25, -0.2) is 0 Å². The third-order valence-electron chi connectivity index (χ3n) is 2.48. The van der Waals surface area contributed by atoms with Crippen molar-refractivity contribution in [3.05, 3.63) is 22.9 Å². The van der Waals surface area contributed by atoms with Crippen LogP contribution in [-0.4, -0.2) is 30.3 Å². The molecule has 2 rings (SSSR count). The number of halogens is 1. The van der Waals surface area contributed by atoms with Gasteiger partial charge in [0.2, 0.25) is 0 Å². The van der Waals surface area contributed by atoms with E-state index in [1.165, 1.54) is 0 Å². The summed E-state index contributed by atoms with van der Waals surface area (Å²) in [6.45, 7) is 6.08. The Morgan fingerprint density at radius 1 is 1.33 bits per heavy atom. The van der Waals surface area contributed by atoms with Gasteiger partial charge in [-0.05, 0) is 35.8 Å². The fourth-order valence-corrected chi connectivity index (χ4v) is 2.32. The smallest absolute Gasteiger partial charge is 0.0726 e. The number of nitrogens with zero attached hydrogens (tertiary/aromatic N) is 2. The molecule has 2 atom stereocenters. The van der Waals surface area contributed by atoms with Gasteiger partial charge < -0.3 is 9.64 Å². The van der Waals surface area contributed by atoms with E-state index in [-0.39, 0.29) is 12.2 Å². The zero-order valence-corrected chi connectivity index (χ0v) is 10.6. The van der Waals surface area contributed by atoms with E-state index >= 15 is 0 Å². The Morgan fingerprint density at radius 2 is 2.00 bits per heavy atom. The summed E-state index contributed by atoms with van der Waals surface area (Å²) in [6, 6.07) is 2.09. The van der Waals surface area contributed by atoms with Crippen molar-refractivity contribution < 1.29 is 4.74 Å². The van der Waals surface area contributed by atoms with Gasteiger partial charge in [-0.3, -0.25) is 4.98 Å². The molecule has 1 aromatic rings. The third-order valence-corrected chi connectivity index (χ3v) is 2.91. The molecule has 0 N–H and O–H groups in total. The fourth-order valence-electron chi connectivity index (χ4n) is 1.96. The minimum Gasteiger partial charge on any atom is -0.372 e. The first kappa shape index (κ1) is 10.9. The summed E-state index contributed by atoms with van der Waals surface area (Å²) >= 11 is 3.44. The molecule has 82 valence electrons. The zero-order chi connectivity index (χ0) is 10.8. The van der Waals surface area contributed by atoms with E-state index in [2.05, 4.69) is 45.7 Å². The van der Waals surface area contributed by atoms with Crippen molar-refractivity contribution in [2.24, 2.45) is 0 Å². The summed E-state index contributed by atoms with van der Waals surface area (Å²) in [5.74, 6) is 0. The highest BCUT2D eigenvalue weighted by molar-refractivity contribution is 9.10. The molecule has 0 aromatic carbocycles. The van der Waals surface area contributed by atoms with Crippen LogP contribution >= 0.6 is 15.9 Å². The average Bonchev–Trinajstić information content (AvgIpc) is 2.16. The van der Waals surface area contributed by atoms with E-state index in [9.17, 15) is 0 Å². The van der Waals surface area contributed by atoms with Crippen LogP contribution in [0.25, 0.3) is 0 Å². The van der Waals surface area contributed by atoms with Gasteiger partial charge in [0.25, 0.3) is 0 Å². The average molecular weight is 271 g/mol. The van der Waals surface area contributed by atoms with Crippen LogP contribution in [0.5, 0.6) is 0 Å². The van der Waals surface area contributed by atoms with Crippen LogP contribution in [0.3, 0.4) is 0 Å². The molecule has 1 aliphatic rings.